The van der Waals surface area contributed by atoms with E-state index in [2.05, 4.69) is 12.1 Å². The molecule has 1 amide bonds. The van der Waals surface area contributed by atoms with Crippen LogP contribution < -0.4 is 10.5 Å². The highest BCUT2D eigenvalue weighted by molar-refractivity contribution is 8.26. The summed E-state index contributed by atoms with van der Waals surface area (Å²) in [7, 11) is 0. The summed E-state index contributed by atoms with van der Waals surface area (Å²) in [4.78, 5) is 35.4. The average molecular weight is 479 g/mol. The van der Waals surface area contributed by atoms with Crippen molar-refractivity contribution in [2.45, 2.75) is 26.7 Å². The number of aryl methyl sites for hydroxylation is 1. The Morgan fingerprint density at radius 2 is 1.79 bits per heavy atom. The van der Waals surface area contributed by atoms with Gasteiger partial charge in [-0.05, 0) is 50.5 Å². The molecule has 0 bridgehead atoms. The molecule has 170 valence electrons. The first-order chi connectivity index (χ1) is 16.0. The lowest BCUT2D eigenvalue weighted by Gasteiger charge is -2.22. The first kappa shape index (κ1) is 23.2. The van der Waals surface area contributed by atoms with Gasteiger partial charge in [-0.1, -0.05) is 60.4 Å². The zero-order valence-electron chi connectivity index (χ0n) is 18.7. The molecule has 1 fully saturated rings. The molecule has 3 heterocycles. The van der Waals surface area contributed by atoms with Crippen LogP contribution in [0.4, 0.5) is 5.82 Å². The smallest absolute Gasteiger partial charge is 0.267 e. The van der Waals surface area contributed by atoms with E-state index in [1.54, 1.807) is 23.2 Å². The molecular formula is C25H26N4O2S2. The largest absolute Gasteiger partial charge is 0.356 e. The van der Waals surface area contributed by atoms with E-state index in [0.29, 0.717) is 45.9 Å². The molecule has 0 saturated carbocycles. The minimum Gasteiger partial charge on any atom is -0.356 e. The van der Waals surface area contributed by atoms with Gasteiger partial charge >= 0.3 is 0 Å². The maximum Gasteiger partial charge on any atom is 0.267 e. The molecule has 0 atom stereocenters. The lowest BCUT2D eigenvalue weighted by Crippen LogP contribution is -2.30. The van der Waals surface area contributed by atoms with Gasteiger partial charge in [0.05, 0.1) is 10.5 Å². The lowest BCUT2D eigenvalue weighted by atomic mass is 10.1. The molecule has 1 aliphatic rings. The van der Waals surface area contributed by atoms with Gasteiger partial charge in [0.2, 0.25) is 0 Å². The molecule has 1 aromatic carbocycles. The maximum absolute atomic E-state index is 13.4. The van der Waals surface area contributed by atoms with Crippen molar-refractivity contribution >= 4 is 51.7 Å². The Balaban J connectivity index is 1.64. The third-order valence-electron chi connectivity index (χ3n) is 5.65. The van der Waals surface area contributed by atoms with Crippen LogP contribution in [0.2, 0.25) is 0 Å². The van der Waals surface area contributed by atoms with Crippen molar-refractivity contribution in [1.29, 1.82) is 0 Å². The Labute approximate surface area is 202 Å². The molecule has 0 spiro atoms. The number of anilines is 1. The summed E-state index contributed by atoms with van der Waals surface area (Å²) in [5.41, 5.74) is 2.02. The topological polar surface area (TPSA) is 57.9 Å². The molecule has 8 heteroatoms. The van der Waals surface area contributed by atoms with Crippen LogP contribution in [0, 0.1) is 0 Å². The van der Waals surface area contributed by atoms with E-state index >= 15 is 0 Å². The summed E-state index contributed by atoms with van der Waals surface area (Å²) in [6.45, 7) is 6.00. The third-order valence-corrected chi connectivity index (χ3v) is 7.03. The van der Waals surface area contributed by atoms with Crippen LogP contribution in [-0.4, -0.2) is 44.1 Å². The van der Waals surface area contributed by atoms with E-state index in [1.807, 2.05) is 49.1 Å². The first-order valence-electron chi connectivity index (χ1n) is 11.1. The lowest BCUT2D eigenvalue weighted by molar-refractivity contribution is -0.122. The van der Waals surface area contributed by atoms with Crippen LogP contribution in [0.3, 0.4) is 0 Å². The summed E-state index contributed by atoms with van der Waals surface area (Å²) in [6.07, 6.45) is 5.05. The second kappa shape index (κ2) is 10.3. The molecule has 1 saturated heterocycles. The van der Waals surface area contributed by atoms with Gasteiger partial charge in [-0.2, -0.15) is 0 Å². The highest BCUT2D eigenvalue weighted by Gasteiger charge is 2.32. The highest BCUT2D eigenvalue weighted by Crippen LogP contribution is 2.33. The molecule has 0 aliphatic carbocycles. The summed E-state index contributed by atoms with van der Waals surface area (Å²) in [5, 5.41) is 0. The summed E-state index contributed by atoms with van der Waals surface area (Å²) >= 11 is 6.75. The number of hydrogen-bond donors (Lipinski definition) is 0. The number of amides is 1. The van der Waals surface area contributed by atoms with Crippen LogP contribution in [-0.2, 0) is 11.2 Å². The molecule has 3 aromatic rings. The maximum atomic E-state index is 13.4. The Morgan fingerprint density at radius 3 is 2.52 bits per heavy atom. The average Bonchev–Trinajstić information content (AvgIpc) is 3.10. The van der Waals surface area contributed by atoms with Crippen molar-refractivity contribution in [1.82, 2.24) is 14.3 Å². The Hall–Kier alpha value is -2.97. The molecule has 0 radical (unpaired) electrons. The van der Waals surface area contributed by atoms with E-state index in [0.717, 1.165) is 12.8 Å². The molecule has 2 aromatic heterocycles. The first-order valence-corrected chi connectivity index (χ1v) is 12.3. The van der Waals surface area contributed by atoms with E-state index in [4.69, 9.17) is 17.2 Å². The predicted octanol–water partition coefficient (Wildman–Crippen LogP) is 4.37. The van der Waals surface area contributed by atoms with Crippen molar-refractivity contribution in [2.24, 2.45) is 0 Å². The van der Waals surface area contributed by atoms with Crippen molar-refractivity contribution in [3.05, 3.63) is 81.1 Å². The SMILES string of the molecule is CCN(CC)c1nc2ccccn2c(=O)c1C=C1SC(=S)N(CCCc2ccccc2)C1=O. The highest BCUT2D eigenvalue weighted by atomic mass is 32.2. The second-order valence-corrected chi connectivity index (χ2v) is 9.35. The predicted molar refractivity (Wildman–Crippen MR) is 140 cm³/mol. The van der Waals surface area contributed by atoms with Gasteiger partial charge < -0.3 is 4.90 Å². The molecule has 1 aliphatic heterocycles. The number of aromatic nitrogens is 2. The molecular weight excluding hydrogens is 452 g/mol. The van der Waals surface area contributed by atoms with Gasteiger partial charge in [0.15, 0.2) is 0 Å². The number of fused-ring (bicyclic) bond motifs is 1. The minimum absolute atomic E-state index is 0.152. The van der Waals surface area contributed by atoms with Gasteiger partial charge in [0.1, 0.15) is 15.8 Å². The number of rotatable bonds is 8. The molecule has 6 nitrogen and oxygen atoms in total. The van der Waals surface area contributed by atoms with Crippen molar-refractivity contribution in [2.75, 3.05) is 24.5 Å². The third kappa shape index (κ3) is 4.86. The zero-order valence-corrected chi connectivity index (χ0v) is 20.4. The number of nitrogens with zero attached hydrogens (tertiary/aromatic N) is 4. The van der Waals surface area contributed by atoms with E-state index in [-0.39, 0.29) is 11.5 Å². The van der Waals surface area contributed by atoms with Crippen molar-refractivity contribution in [3.8, 4) is 0 Å². The number of carbonyl (C=O) groups is 1. The number of benzene rings is 1. The fourth-order valence-electron chi connectivity index (χ4n) is 3.89. The number of thioether (sulfide) groups is 1. The van der Waals surface area contributed by atoms with Gasteiger partial charge in [-0.15, -0.1) is 0 Å². The molecule has 0 unspecified atom stereocenters. The fourth-order valence-corrected chi connectivity index (χ4v) is 5.18. The van der Waals surface area contributed by atoms with Crippen LogP contribution >= 0.6 is 24.0 Å². The summed E-state index contributed by atoms with van der Waals surface area (Å²) < 4.78 is 2.04. The second-order valence-electron chi connectivity index (χ2n) is 7.68. The molecule has 4 rings (SSSR count). The van der Waals surface area contributed by atoms with Gasteiger partial charge in [-0.3, -0.25) is 18.9 Å². The number of hydrogen-bond acceptors (Lipinski definition) is 6. The standard InChI is InChI=1S/C25H26N4O2S2/c1-3-27(4-2)22-19(23(30)28-15-9-8-14-21(28)26-22)17-20-24(31)29(25(32)33-20)16-10-13-18-11-6-5-7-12-18/h5-9,11-12,14-15,17H,3-4,10,13,16H2,1-2H3. The monoisotopic (exact) mass is 478 g/mol. The number of pyridine rings is 1. The fraction of sp³-hybridized carbons (Fsp3) is 0.280. The van der Waals surface area contributed by atoms with Gasteiger partial charge in [0.25, 0.3) is 11.5 Å². The number of carbonyl (C=O) groups excluding carboxylic acids is 1. The van der Waals surface area contributed by atoms with Crippen LogP contribution in [0.5, 0.6) is 0 Å². The van der Waals surface area contributed by atoms with E-state index in [9.17, 15) is 9.59 Å². The van der Waals surface area contributed by atoms with Crippen molar-refractivity contribution in [3.63, 3.8) is 0 Å². The van der Waals surface area contributed by atoms with Crippen LogP contribution in [0.1, 0.15) is 31.4 Å². The Kier molecular flexibility index (Phi) is 7.25. The summed E-state index contributed by atoms with van der Waals surface area (Å²) in [5.74, 6) is 0.437. The zero-order chi connectivity index (χ0) is 23.4. The quantitative estimate of drug-likeness (QED) is 0.354. The van der Waals surface area contributed by atoms with E-state index < -0.39 is 0 Å². The van der Waals surface area contributed by atoms with E-state index in [1.165, 1.54) is 21.7 Å². The van der Waals surface area contributed by atoms with Crippen LogP contribution in [0.25, 0.3) is 11.7 Å². The van der Waals surface area contributed by atoms with Crippen molar-refractivity contribution < 1.29 is 4.79 Å². The minimum atomic E-state index is -0.197. The molecule has 0 N–H and O–H groups in total. The van der Waals surface area contributed by atoms with Crippen LogP contribution in [0.15, 0.2) is 64.4 Å². The number of thiocarbonyl (C=S) groups is 1. The Morgan fingerprint density at radius 1 is 1.06 bits per heavy atom. The van der Waals surface area contributed by atoms with Gasteiger partial charge in [0, 0.05) is 25.8 Å². The summed E-state index contributed by atoms with van der Waals surface area (Å²) in [6, 6.07) is 15.6. The Bertz CT molecular complexity index is 1270. The normalized spacial score (nSPS) is 15.1. The molecule has 33 heavy (non-hydrogen) atoms. The van der Waals surface area contributed by atoms with Gasteiger partial charge in [-0.25, -0.2) is 4.98 Å².